The third-order valence-electron chi connectivity index (χ3n) is 23.2. The van der Waals surface area contributed by atoms with E-state index in [1.54, 1.807) is 0 Å². The van der Waals surface area contributed by atoms with Crippen LogP contribution >= 0.6 is 11.3 Å². The SMILES string of the molecule is c1ccc(-c2ccc(N(c3ccc(-c4cccc5c4c4cccc6c4n5-c4ccccc4O6)cc3)c3ccc4c(c3)oc3cc(-c5ccccc5)ccc34)cc2)cc1.c1ccc(-c2ccc(N(c3ccc(-c4cccc5c4c4cccc6c4n5-c4ccccc4O6)cc3)c3cccc4c3sc3c(-c5ccccc5)cccc34)cc2)cc1. The van der Waals surface area contributed by atoms with E-state index in [9.17, 15) is 0 Å². The summed E-state index contributed by atoms with van der Waals surface area (Å²) in [5.74, 6) is 3.50. The van der Waals surface area contributed by atoms with Crippen LogP contribution in [0.25, 0.3) is 164 Å². The minimum atomic E-state index is 0.852. The van der Waals surface area contributed by atoms with Crippen molar-refractivity contribution < 1.29 is 13.9 Å². The van der Waals surface area contributed by atoms with E-state index in [0.29, 0.717) is 0 Å². The maximum atomic E-state index is 6.62. The molecule has 0 aliphatic carbocycles. The molecule has 2 aliphatic heterocycles. The molecule has 4 aromatic heterocycles. The number of fused-ring (bicyclic) bond motifs is 16. The number of anilines is 6. The Bertz CT molecular complexity index is 7600. The molecule has 0 saturated carbocycles. The van der Waals surface area contributed by atoms with E-state index < -0.39 is 0 Å². The van der Waals surface area contributed by atoms with Gasteiger partial charge in [0.05, 0.1) is 43.8 Å². The highest BCUT2D eigenvalue weighted by atomic mass is 32.1. The normalized spacial score (nSPS) is 11.9. The van der Waals surface area contributed by atoms with E-state index in [2.05, 4.69) is 401 Å². The third-order valence-corrected chi connectivity index (χ3v) is 24.5. The lowest BCUT2D eigenvalue weighted by molar-refractivity contribution is 0.476. The molecule has 18 aromatic carbocycles. The van der Waals surface area contributed by atoms with Crippen molar-refractivity contribution in [2.75, 3.05) is 9.80 Å². The summed E-state index contributed by atoms with van der Waals surface area (Å²) < 4.78 is 26.8. The highest BCUT2D eigenvalue weighted by Crippen LogP contribution is 2.53. The molecule has 0 bridgehead atoms. The Kier molecular flexibility index (Phi) is 15.7. The first-order valence-corrected chi connectivity index (χ1v) is 40.2. The second kappa shape index (κ2) is 27.3. The standard InChI is InChI=1S/C54H34N2O2.C54H34N2OS/c1-3-11-35(12-4-1)37-21-26-40(27-22-37)55(42-30-32-45-44-31-25-39(36-13-5-2-6-14-36)33-51(44)58-52(45)34-42)41-28-23-38(24-29-41)43-15-9-18-48-53(43)46-16-10-20-50-54(46)56(48)47-17-7-8-19-49(47)57-50;1-3-13-35(14-4-1)36-27-31-39(32-28-36)55(48-24-11-20-44-43-19-9-18-42(53(43)58-54(44)48)37-15-5-2-6-16-37)40-33-29-38(30-34-40)41-17-10-23-47-51(41)45-21-12-26-50-52(45)56(47)46-22-7-8-25-49(46)57-50/h2*1-34H. The van der Waals surface area contributed by atoms with Gasteiger partial charge in [-0.05, 0) is 194 Å². The van der Waals surface area contributed by atoms with Crippen LogP contribution in [-0.2, 0) is 0 Å². The Morgan fingerprint density at radius 2 is 0.578 bits per heavy atom. The molecule has 0 unspecified atom stereocenters. The zero-order chi connectivity index (χ0) is 76.3. The summed E-state index contributed by atoms with van der Waals surface area (Å²) in [4.78, 5) is 4.74. The van der Waals surface area contributed by atoms with Gasteiger partial charge in [-0.25, -0.2) is 0 Å². The fourth-order valence-corrected chi connectivity index (χ4v) is 19.2. The van der Waals surface area contributed by atoms with Gasteiger partial charge in [-0.3, -0.25) is 0 Å². The predicted molar refractivity (Wildman–Crippen MR) is 484 cm³/mol. The van der Waals surface area contributed by atoms with Gasteiger partial charge in [-0.2, -0.15) is 0 Å². The molecule has 2 aliphatic rings. The minimum absolute atomic E-state index is 0.852. The maximum Gasteiger partial charge on any atom is 0.152 e. The molecule has 24 rings (SSSR count). The van der Waals surface area contributed by atoms with Crippen LogP contribution in [0.1, 0.15) is 0 Å². The molecule has 0 amide bonds. The molecule has 0 N–H and O–H groups in total. The van der Waals surface area contributed by atoms with E-state index in [0.717, 1.165) is 118 Å². The smallest absolute Gasteiger partial charge is 0.152 e. The Morgan fingerprint density at radius 1 is 0.224 bits per heavy atom. The van der Waals surface area contributed by atoms with Crippen molar-refractivity contribution in [2.45, 2.75) is 0 Å². The van der Waals surface area contributed by atoms with Crippen molar-refractivity contribution in [1.29, 1.82) is 0 Å². The summed E-state index contributed by atoms with van der Waals surface area (Å²) in [5, 5.41) is 9.56. The van der Waals surface area contributed by atoms with Crippen LogP contribution in [0, 0.1) is 0 Å². The van der Waals surface area contributed by atoms with Gasteiger partial charge in [-0.1, -0.05) is 279 Å². The average Bonchev–Trinajstić information content (AvgIpc) is 1.55. The molecule has 6 heterocycles. The zero-order valence-electron chi connectivity index (χ0n) is 62.7. The predicted octanol–water partition coefficient (Wildman–Crippen LogP) is 31.0. The van der Waals surface area contributed by atoms with Crippen molar-refractivity contribution >= 4 is 131 Å². The lowest BCUT2D eigenvalue weighted by Crippen LogP contribution is -2.10. The third kappa shape index (κ3) is 11.0. The van der Waals surface area contributed by atoms with Crippen molar-refractivity contribution in [1.82, 2.24) is 9.13 Å². The van der Waals surface area contributed by atoms with Crippen LogP contribution in [0.15, 0.2) is 417 Å². The number of hydrogen-bond donors (Lipinski definition) is 0. The van der Waals surface area contributed by atoms with E-state index in [1.165, 1.54) is 103 Å². The van der Waals surface area contributed by atoms with Gasteiger partial charge in [0, 0.05) is 82.3 Å². The number of thiophene rings is 1. The van der Waals surface area contributed by atoms with Crippen LogP contribution < -0.4 is 19.3 Å². The fourth-order valence-electron chi connectivity index (χ4n) is 17.9. The maximum absolute atomic E-state index is 6.62. The van der Waals surface area contributed by atoms with Crippen molar-refractivity contribution in [2.24, 2.45) is 0 Å². The van der Waals surface area contributed by atoms with Gasteiger partial charge in [-0.15, -0.1) is 11.3 Å². The molecule has 0 saturated heterocycles. The number of benzene rings is 18. The molecule has 0 radical (unpaired) electrons. The molecule has 0 fully saturated rings. The average molecular weight is 1500 g/mol. The molecule has 8 heteroatoms. The van der Waals surface area contributed by atoms with E-state index in [4.69, 9.17) is 13.9 Å². The number of rotatable bonds is 12. The molecule has 0 atom stereocenters. The summed E-state index contributed by atoms with van der Waals surface area (Å²) in [5.41, 5.74) is 29.2. The number of aromatic nitrogens is 2. The molecular weight excluding hydrogens is 1430 g/mol. The topological polar surface area (TPSA) is 47.9 Å². The summed E-state index contributed by atoms with van der Waals surface area (Å²) in [6.07, 6.45) is 0. The Morgan fingerprint density at radius 3 is 1.09 bits per heavy atom. The van der Waals surface area contributed by atoms with Gasteiger partial charge in [0.15, 0.2) is 23.0 Å². The number of hydrogen-bond acceptors (Lipinski definition) is 6. The van der Waals surface area contributed by atoms with Crippen LogP contribution in [0.3, 0.4) is 0 Å². The van der Waals surface area contributed by atoms with Gasteiger partial charge in [0.1, 0.15) is 11.2 Å². The van der Waals surface area contributed by atoms with E-state index in [-0.39, 0.29) is 0 Å². The molecular formula is C108H68N4O3S. The lowest BCUT2D eigenvalue weighted by atomic mass is 9.98. The zero-order valence-corrected chi connectivity index (χ0v) is 63.5. The molecule has 7 nitrogen and oxygen atoms in total. The first kappa shape index (κ1) is 66.6. The summed E-state index contributed by atoms with van der Waals surface area (Å²) in [6.45, 7) is 0. The van der Waals surface area contributed by atoms with Crippen LogP contribution in [0.5, 0.6) is 23.0 Å². The molecule has 544 valence electrons. The summed E-state index contributed by atoms with van der Waals surface area (Å²) in [6, 6.07) is 147. The number of nitrogens with zero attached hydrogens (tertiary/aromatic N) is 4. The monoisotopic (exact) mass is 1500 g/mol. The van der Waals surface area contributed by atoms with E-state index in [1.807, 2.05) is 41.7 Å². The number of ether oxygens (including phenoxy) is 2. The quantitative estimate of drug-likeness (QED) is 0.122. The first-order chi connectivity index (χ1) is 57.5. The first-order valence-electron chi connectivity index (χ1n) is 39.3. The van der Waals surface area contributed by atoms with Crippen molar-refractivity contribution in [3.63, 3.8) is 0 Å². The van der Waals surface area contributed by atoms with Gasteiger partial charge >= 0.3 is 0 Å². The largest absolute Gasteiger partial charge is 0.456 e. The van der Waals surface area contributed by atoms with E-state index >= 15 is 0 Å². The van der Waals surface area contributed by atoms with Crippen LogP contribution in [-0.4, -0.2) is 9.13 Å². The van der Waals surface area contributed by atoms with Gasteiger partial charge < -0.3 is 32.8 Å². The fraction of sp³-hybridized carbons (Fsp3) is 0. The van der Waals surface area contributed by atoms with Crippen LogP contribution in [0.2, 0.25) is 0 Å². The lowest BCUT2D eigenvalue weighted by Gasteiger charge is -2.26. The molecule has 116 heavy (non-hydrogen) atoms. The van der Waals surface area contributed by atoms with Crippen molar-refractivity contribution in [3.8, 4) is 101 Å². The second-order valence-electron chi connectivity index (χ2n) is 29.8. The Hall–Kier alpha value is -15.2. The second-order valence-corrected chi connectivity index (χ2v) is 30.8. The Labute approximate surface area is 673 Å². The highest BCUT2D eigenvalue weighted by molar-refractivity contribution is 7.27. The Balaban J connectivity index is 0.000000137. The van der Waals surface area contributed by atoms with Gasteiger partial charge in [0.25, 0.3) is 0 Å². The molecule has 0 spiro atoms. The van der Waals surface area contributed by atoms with Crippen LogP contribution in [0.4, 0.5) is 34.1 Å². The minimum Gasteiger partial charge on any atom is -0.456 e. The molecule has 22 aromatic rings. The number of furan rings is 1. The summed E-state index contributed by atoms with van der Waals surface area (Å²) in [7, 11) is 0. The van der Waals surface area contributed by atoms with Crippen molar-refractivity contribution in [3.05, 3.63) is 413 Å². The summed E-state index contributed by atoms with van der Waals surface area (Å²) >= 11 is 1.88. The number of para-hydroxylation sites is 6. The highest BCUT2D eigenvalue weighted by Gasteiger charge is 2.29. The van der Waals surface area contributed by atoms with Gasteiger partial charge in [0.2, 0.25) is 0 Å².